The molecule has 0 amide bonds. The summed E-state index contributed by atoms with van der Waals surface area (Å²) in [6.07, 6.45) is 2.91. The highest BCUT2D eigenvalue weighted by atomic mass is 32.2. The van der Waals surface area contributed by atoms with Gasteiger partial charge in [-0.15, -0.1) is 0 Å². The van der Waals surface area contributed by atoms with Gasteiger partial charge >= 0.3 is 0 Å². The van der Waals surface area contributed by atoms with Crippen molar-refractivity contribution >= 4 is 10.8 Å². The van der Waals surface area contributed by atoms with E-state index in [0.29, 0.717) is 10.9 Å². The Morgan fingerprint density at radius 1 is 1.60 bits per heavy atom. The van der Waals surface area contributed by atoms with E-state index in [9.17, 15) is 4.21 Å². The summed E-state index contributed by atoms with van der Waals surface area (Å²) >= 11 is 0. The Hall–Kier alpha value is -0.740. The van der Waals surface area contributed by atoms with Gasteiger partial charge in [-0.1, -0.05) is 6.07 Å². The molecule has 0 aliphatic carbocycles. The molecule has 0 saturated carbocycles. The largest absolute Gasteiger partial charge is 0.316 e. The molecular formula is C11H16N2OS. The lowest BCUT2D eigenvalue weighted by Gasteiger charge is -2.07. The van der Waals surface area contributed by atoms with Gasteiger partial charge in [0.25, 0.3) is 0 Å². The van der Waals surface area contributed by atoms with Gasteiger partial charge in [-0.05, 0) is 44.0 Å². The molecule has 2 rings (SSSR count). The zero-order valence-corrected chi connectivity index (χ0v) is 9.72. The van der Waals surface area contributed by atoms with Crippen molar-refractivity contribution in [3.05, 3.63) is 23.9 Å². The zero-order chi connectivity index (χ0) is 10.7. The summed E-state index contributed by atoms with van der Waals surface area (Å²) in [4.78, 5) is 4.20. The van der Waals surface area contributed by atoms with Crippen LogP contribution in [0.1, 0.15) is 12.0 Å². The molecule has 82 valence electrons. The Balaban J connectivity index is 1.98. The molecule has 1 aliphatic heterocycles. The number of nitrogens with one attached hydrogen (secondary N) is 1. The van der Waals surface area contributed by atoms with Crippen molar-refractivity contribution < 1.29 is 4.21 Å². The summed E-state index contributed by atoms with van der Waals surface area (Å²) in [5.41, 5.74) is 1.11. The topological polar surface area (TPSA) is 42.0 Å². The first-order valence-corrected chi connectivity index (χ1v) is 6.59. The van der Waals surface area contributed by atoms with E-state index in [1.165, 1.54) is 0 Å². The fraction of sp³-hybridized carbons (Fsp3) is 0.545. The number of rotatable bonds is 3. The molecule has 0 spiro atoms. The molecular weight excluding hydrogens is 208 g/mol. The van der Waals surface area contributed by atoms with Gasteiger partial charge < -0.3 is 5.32 Å². The number of hydrogen-bond donors (Lipinski definition) is 1. The van der Waals surface area contributed by atoms with Crippen molar-refractivity contribution in [2.45, 2.75) is 18.4 Å². The summed E-state index contributed by atoms with van der Waals surface area (Å²) in [6, 6.07) is 3.83. The highest BCUT2D eigenvalue weighted by Gasteiger charge is 2.18. The SMILES string of the molecule is Cc1ccc([S@@](=O)C[C@@H]2CCNC2)nc1. The fourth-order valence-corrected chi connectivity index (χ4v) is 3.02. The molecule has 1 aromatic heterocycles. The van der Waals surface area contributed by atoms with Gasteiger partial charge in [-0.25, -0.2) is 4.98 Å². The van der Waals surface area contributed by atoms with Crippen LogP contribution >= 0.6 is 0 Å². The lowest BCUT2D eigenvalue weighted by molar-refractivity contribution is 0.631. The van der Waals surface area contributed by atoms with E-state index in [1.807, 2.05) is 19.1 Å². The summed E-state index contributed by atoms with van der Waals surface area (Å²) in [5, 5.41) is 4.00. The fourth-order valence-electron chi connectivity index (χ4n) is 1.75. The summed E-state index contributed by atoms with van der Waals surface area (Å²) in [7, 11) is -0.933. The van der Waals surface area contributed by atoms with Crippen LogP contribution in [0.5, 0.6) is 0 Å². The van der Waals surface area contributed by atoms with Gasteiger partial charge in [0.05, 0.1) is 10.8 Å². The highest BCUT2D eigenvalue weighted by molar-refractivity contribution is 7.84. The van der Waals surface area contributed by atoms with E-state index in [-0.39, 0.29) is 0 Å². The monoisotopic (exact) mass is 224 g/mol. The predicted molar refractivity (Wildman–Crippen MR) is 61.2 cm³/mol. The highest BCUT2D eigenvalue weighted by Crippen LogP contribution is 2.13. The average Bonchev–Trinajstić information content (AvgIpc) is 2.71. The molecule has 1 N–H and O–H groups in total. The maximum absolute atomic E-state index is 11.9. The molecule has 0 radical (unpaired) electrons. The third-order valence-electron chi connectivity index (χ3n) is 2.67. The zero-order valence-electron chi connectivity index (χ0n) is 8.90. The Morgan fingerprint density at radius 2 is 2.47 bits per heavy atom. The lowest BCUT2D eigenvalue weighted by atomic mass is 10.2. The normalized spacial score (nSPS) is 22.9. The number of nitrogens with zero attached hydrogens (tertiary/aromatic N) is 1. The Labute approximate surface area is 92.8 Å². The molecule has 3 nitrogen and oxygen atoms in total. The molecule has 2 atom stereocenters. The van der Waals surface area contributed by atoms with Crippen molar-refractivity contribution in [2.24, 2.45) is 5.92 Å². The second kappa shape index (κ2) is 4.86. The minimum absolute atomic E-state index is 0.550. The van der Waals surface area contributed by atoms with Crippen LogP contribution in [0.4, 0.5) is 0 Å². The first-order chi connectivity index (χ1) is 7.25. The molecule has 0 aromatic carbocycles. The van der Waals surface area contributed by atoms with Gasteiger partial charge in [0.1, 0.15) is 5.03 Å². The standard InChI is InChI=1S/C11H16N2OS/c1-9-2-3-11(13-6-9)15(14)8-10-4-5-12-7-10/h2-3,6,10,12H,4-5,7-8H2,1H3/t10-,15+/m1/s1. The summed E-state index contributed by atoms with van der Waals surface area (Å²) in [6.45, 7) is 4.04. The summed E-state index contributed by atoms with van der Waals surface area (Å²) in [5.74, 6) is 1.29. The van der Waals surface area contributed by atoms with Gasteiger partial charge in [0.2, 0.25) is 0 Å². The van der Waals surface area contributed by atoms with Crippen LogP contribution in [-0.2, 0) is 10.8 Å². The Morgan fingerprint density at radius 3 is 3.07 bits per heavy atom. The van der Waals surface area contributed by atoms with Crippen LogP contribution in [0.25, 0.3) is 0 Å². The smallest absolute Gasteiger partial charge is 0.127 e. The van der Waals surface area contributed by atoms with E-state index >= 15 is 0 Å². The van der Waals surface area contributed by atoms with E-state index < -0.39 is 10.8 Å². The van der Waals surface area contributed by atoms with Crippen molar-refractivity contribution in [3.63, 3.8) is 0 Å². The molecule has 15 heavy (non-hydrogen) atoms. The molecule has 1 fully saturated rings. The predicted octanol–water partition coefficient (Wildman–Crippen LogP) is 1.11. The first kappa shape index (κ1) is 10.8. The van der Waals surface area contributed by atoms with Crippen LogP contribution in [0, 0.1) is 12.8 Å². The van der Waals surface area contributed by atoms with Crippen molar-refractivity contribution in [1.82, 2.24) is 10.3 Å². The molecule has 1 saturated heterocycles. The van der Waals surface area contributed by atoms with Crippen molar-refractivity contribution in [3.8, 4) is 0 Å². The van der Waals surface area contributed by atoms with Crippen molar-refractivity contribution in [2.75, 3.05) is 18.8 Å². The van der Waals surface area contributed by atoms with Crippen LogP contribution in [0.3, 0.4) is 0 Å². The van der Waals surface area contributed by atoms with Gasteiger partial charge in [0.15, 0.2) is 0 Å². The van der Waals surface area contributed by atoms with Crippen LogP contribution in [0.2, 0.25) is 0 Å². The molecule has 2 heterocycles. The third-order valence-corrected chi connectivity index (χ3v) is 4.15. The maximum Gasteiger partial charge on any atom is 0.127 e. The number of hydrogen-bond acceptors (Lipinski definition) is 3. The Kier molecular flexibility index (Phi) is 3.49. The van der Waals surface area contributed by atoms with E-state index in [1.54, 1.807) is 6.20 Å². The van der Waals surface area contributed by atoms with Gasteiger partial charge in [0, 0.05) is 11.9 Å². The van der Waals surface area contributed by atoms with Crippen LogP contribution in [-0.4, -0.2) is 28.0 Å². The lowest BCUT2D eigenvalue weighted by Crippen LogP contribution is -2.15. The van der Waals surface area contributed by atoms with E-state index in [0.717, 1.165) is 30.8 Å². The molecule has 4 heteroatoms. The summed E-state index contributed by atoms with van der Waals surface area (Å²) < 4.78 is 11.9. The Bertz CT molecular complexity index is 344. The van der Waals surface area contributed by atoms with Crippen LogP contribution < -0.4 is 5.32 Å². The molecule has 1 aliphatic rings. The second-order valence-electron chi connectivity index (χ2n) is 4.04. The van der Waals surface area contributed by atoms with Crippen LogP contribution in [0.15, 0.2) is 23.4 Å². The average molecular weight is 224 g/mol. The van der Waals surface area contributed by atoms with Gasteiger partial charge in [-0.2, -0.15) is 0 Å². The van der Waals surface area contributed by atoms with E-state index in [4.69, 9.17) is 0 Å². The quantitative estimate of drug-likeness (QED) is 0.836. The molecule has 1 aromatic rings. The van der Waals surface area contributed by atoms with E-state index in [2.05, 4.69) is 10.3 Å². The third kappa shape index (κ3) is 2.86. The number of aromatic nitrogens is 1. The van der Waals surface area contributed by atoms with Gasteiger partial charge in [-0.3, -0.25) is 4.21 Å². The number of aryl methyl sites for hydroxylation is 1. The molecule has 0 unspecified atom stereocenters. The minimum atomic E-state index is -0.933. The minimum Gasteiger partial charge on any atom is -0.316 e. The van der Waals surface area contributed by atoms with Crippen molar-refractivity contribution in [1.29, 1.82) is 0 Å². The molecule has 0 bridgehead atoms. The first-order valence-electron chi connectivity index (χ1n) is 5.27. The second-order valence-corrected chi connectivity index (χ2v) is 5.49. The maximum atomic E-state index is 11.9. The number of pyridine rings is 1.